The van der Waals surface area contributed by atoms with Gasteiger partial charge >= 0.3 is 5.97 Å². The summed E-state index contributed by atoms with van der Waals surface area (Å²) >= 11 is 5.28. The number of thiophene rings is 1. The molecule has 1 heterocycles. The van der Waals surface area contributed by atoms with Crippen LogP contribution in [0.2, 0.25) is 0 Å². The van der Waals surface area contributed by atoms with Gasteiger partial charge in [-0.15, -0.1) is 11.3 Å². The Labute approximate surface area is 86.3 Å². The van der Waals surface area contributed by atoms with Crippen molar-refractivity contribution in [2.45, 2.75) is 0 Å². The molecule has 0 radical (unpaired) electrons. The number of rotatable bonds is 1. The molecule has 2 nitrogen and oxygen atoms in total. The third-order valence-electron chi connectivity index (χ3n) is 1.34. The summed E-state index contributed by atoms with van der Waals surface area (Å²) in [5, 5.41) is 1.81. The highest BCUT2D eigenvalue weighted by atomic mass is 32.1. The van der Waals surface area contributed by atoms with Crippen molar-refractivity contribution in [1.29, 1.82) is 0 Å². The first-order valence-electron chi connectivity index (χ1n) is 3.55. The van der Waals surface area contributed by atoms with Gasteiger partial charge in [-0.1, -0.05) is 11.8 Å². The van der Waals surface area contributed by atoms with E-state index < -0.39 is 0 Å². The van der Waals surface area contributed by atoms with Gasteiger partial charge < -0.3 is 4.74 Å². The van der Waals surface area contributed by atoms with E-state index in [0.717, 1.165) is 0 Å². The van der Waals surface area contributed by atoms with Gasteiger partial charge in [-0.25, -0.2) is 4.79 Å². The van der Waals surface area contributed by atoms with Crippen LogP contribution in [0.5, 0.6) is 0 Å². The minimum atomic E-state index is -0.335. The van der Waals surface area contributed by atoms with Crippen molar-refractivity contribution in [1.82, 2.24) is 0 Å². The van der Waals surface area contributed by atoms with Gasteiger partial charge in [0.05, 0.1) is 12.9 Å². The minimum Gasteiger partial charge on any atom is -0.465 e. The van der Waals surface area contributed by atoms with Crippen LogP contribution in [0.1, 0.15) is 15.2 Å². The monoisotopic (exact) mass is 212 g/mol. The van der Waals surface area contributed by atoms with Crippen LogP contribution in [-0.4, -0.2) is 18.8 Å². The van der Waals surface area contributed by atoms with E-state index in [4.69, 9.17) is 0 Å². The molecule has 0 spiro atoms. The highest BCUT2D eigenvalue weighted by molar-refractivity contribution is 7.80. The molecule has 0 saturated carbocycles. The first-order chi connectivity index (χ1) is 6.29. The Morgan fingerprint density at radius 1 is 1.77 bits per heavy atom. The molecule has 0 amide bonds. The van der Waals surface area contributed by atoms with Crippen molar-refractivity contribution in [3.63, 3.8) is 0 Å². The van der Waals surface area contributed by atoms with Gasteiger partial charge in [-0.05, 0) is 11.4 Å². The summed E-state index contributed by atoms with van der Waals surface area (Å²) in [6.45, 7) is 0. The predicted molar refractivity (Wildman–Crippen MR) is 56.4 cm³/mol. The molecule has 68 valence electrons. The Bertz CT molecular complexity index is 357. The number of hydrogen-bond acceptors (Lipinski definition) is 4. The van der Waals surface area contributed by atoms with Crippen molar-refractivity contribution in [3.05, 3.63) is 21.9 Å². The van der Waals surface area contributed by atoms with E-state index in [1.165, 1.54) is 18.4 Å². The van der Waals surface area contributed by atoms with Gasteiger partial charge in [0.1, 0.15) is 4.88 Å². The zero-order chi connectivity index (χ0) is 9.68. The first-order valence-corrected chi connectivity index (χ1v) is 5.06. The SMILES string of the molecule is COC(=O)c1sccc1C#CCS. The van der Waals surface area contributed by atoms with E-state index in [0.29, 0.717) is 16.2 Å². The van der Waals surface area contributed by atoms with Crippen LogP contribution >= 0.6 is 24.0 Å². The van der Waals surface area contributed by atoms with E-state index in [9.17, 15) is 4.79 Å². The van der Waals surface area contributed by atoms with Gasteiger partial charge in [0.2, 0.25) is 0 Å². The van der Waals surface area contributed by atoms with Crippen LogP contribution < -0.4 is 0 Å². The second-order valence-electron chi connectivity index (χ2n) is 2.11. The summed E-state index contributed by atoms with van der Waals surface area (Å²) in [5.74, 6) is 5.77. The number of hydrogen-bond donors (Lipinski definition) is 1. The van der Waals surface area contributed by atoms with Crippen LogP contribution in [0.4, 0.5) is 0 Å². The number of ether oxygens (including phenoxy) is 1. The molecule has 1 aromatic heterocycles. The fraction of sp³-hybridized carbons (Fsp3) is 0.222. The third-order valence-corrected chi connectivity index (χ3v) is 2.39. The summed E-state index contributed by atoms with van der Waals surface area (Å²) in [4.78, 5) is 11.7. The van der Waals surface area contributed by atoms with Gasteiger partial charge in [0.15, 0.2) is 0 Å². The average Bonchev–Trinajstić information content (AvgIpc) is 2.61. The second kappa shape index (κ2) is 4.95. The molecule has 1 rings (SSSR count). The Morgan fingerprint density at radius 3 is 3.15 bits per heavy atom. The Morgan fingerprint density at radius 2 is 2.54 bits per heavy atom. The summed E-state index contributed by atoms with van der Waals surface area (Å²) in [5.41, 5.74) is 0.714. The molecule has 0 bridgehead atoms. The van der Waals surface area contributed by atoms with Crippen LogP contribution in [0.15, 0.2) is 11.4 Å². The number of carbonyl (C=O) groups excluding carboxylic acids is 1. The molecule has 4 heteroatoms. The van der Waals surface area contributed by atoms with Crippen molar-refractivity contribution in [2.75, 3.05) is 12.9 Å². The Balaban J connectivity index is 2.96. The molecular weight excluding hydrogens is 204 g/mol. The molecule has 0 fully saturated rings. The van der Waals surface area contributed by atoms with Gasteiger partial charge in [-0.2, -0.15) is 12.6 Å². The van der Waals surface area contributed by atoms with E-state index in [1.54, 1.807) is 6.07 Å². The van der Waals surface area contributed by atoms with Gasteiger partial charge in [0, 0.05) is 5.56 Å². The molecule has 13 heavy (non-hydrogen) atoms. The zero-order valence-corrected chi connectivity index (χ0v) is 8.74. The number of carbonyl (C=O) groups is 1. The largest absolute Gasteiger partial charge is 0.465 e. The summed E-state index contributed by atoms with van der Waals surface area (Å²) in [6, 6.07) is 1.80. The molecule has 0 atom stereocenters. The quantitative estimate of drug-likeness (QED) is 0.436. The van der Waals surface area contributed by atoms with E-state index in [2.05, 4.69) is 29.2 Å². The van der Waals surface area contributed by atoms with E-state index in [1.807, 2.05) is 5.38 Å². The standard InChI is InChI=1S/C9H8O2S2/c1-11-9(10)8-7(3-2-5-12)4-6-13-8/h4,6,12H,5H2,1H3. The van der Waals surface area contributed by atoms with Crippen molar-refractivity contribution >= 4 is 29.9 Å². The fourth-order valence-corrected chi connectivity index (χ4v) is 1.64. The van der Waals surface area contributed by atoms with Crippen LogP contribution in [0.25, 0.3) is 0 Å². The maximum absolute atomic E-state index is 11.2. The summed E-state index contributed by atoms with van der Waals surface area (Å²) < 4.78 is 4.60. The van der Waals surface area contributed by atoms with Crippen molar-refractivity contribution < 1.29 is 9.53 Å². The van der Waals surface area contributed by atoms with Gasteiger partial charge in [0.25, 0.3) is 0 Å². The lowest BCUT2D eigenvalue weighted by molar-refractivity contribution is 0.0606. The molecule has 1 aromatic rings. The normalized spacial score (nSPS) is 8.77. The zero-order valence-electron chi connectivity index (χ0n) is 7.03. The predicted octanol–water partition coefficient (Wildman–Crippen LogP) is 1.82. The number of methoxy groups -OCH3 is 1. The fourth-order valence-electron chi connectivity index (χ4n) is 0.793. The van der Waals surface area contributed by atoms with Crippen LogP contribution in [0, 0.1) is 11.8 Å². The lowest BCUT2D eigenvalue weighted by Crippen LogP contribution is -1.99. The van der Waals surface area contributed by atoms with Crippen LogP contribution in [0.3, 0.4) is 0 Å². The highest BCUT2D eigenvalue weighted by Crippen LogP contribution is 2.16. The Hall–Kier alpha value is -0.920. The molecule has 0 aliphatic heterocycles. The molecule has 0 unspecified atom stereocenters. The van der Waals surface area contributed by atoms with Crippen molar-refractivity contribution in [3.8, 4) is 11.8 Å². The summed E-state index contributed by atoms with van der Waals surface area (Å²) in [6.07, 6.45) is 0. The average molecular weight is 212 g/mol. The third kappa shape index (κ3) is 2.51. The second-order valence-corrected chi connectivity index (χ2v) is 3.35. The summed E-state index contributed by atoms with van der Waals surface area (Å²) in [7, 11) is 1.36. The first kappa shape index (κ1) is 10.2. The minimum absolute atomic E-state index is 0.335. The maximum atomic E-state index is 11.2. The molecule has 0 saturated heterocycles. The smallest absolute Gasteiger partial charge is 0.349 e. The molecule has 0 aromatic carbocycles. The molecular formula is C9H8O2S2. The lowest BCUT2D eigenvalue weighted by Gasteiger charge is -1.94. The highest BCUT2D eigenvalue weighted by Gasteiger charge is 2.11. The van der Waals surface area contributed by atoms with Crippen molar-refractivity contribution in [2.24, 2.45) is 0 Å². The number of thiol groups is 1. The van der Waals surface area contributed by atoms with Crippen LogP contribution in [-0.2, 0) is 4.74 Å². The maximum Gasteiger partial charge on any atom is 0.349 e. The Kier molecular flexibility index (Phi) is 3.87. The lowest BCUT2D eigenvalue weighted by atomic mass is 10.2. The van der Waals surface area contributed by atoms with E-state index >= 15 is 0 Å². The molecule has 0 N–H and O–H groups in total. The van der Waals surface area contributed by atoms with E-state index in [-0.39, 0.29) is 5.97 Å². The molecule has 0 aliphatic rings. The van der Waals surface area contributed by atoms with Gasteiger partial charge in [-0.3, -0.25) is 0 Å². The number of esters is 1. The molecule has 0 aliphatic carbocycles. The topological polar surface area (TPSA) is 26.3 Å².